The molecule has 7 heteroatoms. The van der Waals surface area contributed by atoms with E-state index in [1.807, 2.05) is 38.0 Å². The molecule has 21 heavy (non-hydrogen) atoms. The van der Waals surface area contributed by atoms with Crippen LogP contribution in [0.1, 0.15) is 12.8 Å². The third-order valence-corrected chi connectivity index (χ3v) is 4.28. The van der Waals surface area contributed by atoms with Crippen LogP contribution in [0, 0.1) is 0 Å². The monoisotopic (exact) mass is 344 g/mol. The maximum absolute atomic E-state index is 9.83. The molecule has 0 aliphatic rings. The van der Waals surface area contributed by atoms with Crippen LogP contribution in [0.2, 0.25) is 0 Å². The highest BCUT2D eigenvalue weighted by atomic mass is 35.5. The quantitative estimate of drug-likeness (QED) is 0.406. The van der Waals surface area contributed by atoms with Gasteiger partial charge in [-0.1, -0.05) is 0 Å². The molecule has 5 nitrogen and oxygen atoms in total. The molecule has 0 rings (SSSR count). The normalized spacial score (nSPS) is 18.0. The van der Waals surface area contributed by atoms with Crippen molar-refractivity contribution < 1.29 is 14.9 Å². The van der Waals surface area contributed by atoms with Crippen LogP contribution in [-0.2, 0) is 4.74 Å². The molecule has 0 spiro atoms. The predicted octanol–water partition coefficient (Wildman–Crippen LogP) is 0.843. The first-order valence-corrected chi connectivity index (χ1v) is 8.30. The zero-order valence-electron chi connectivity index (χ0n) is 13.5. The number of ether oxygens (including phenoxy) is 1. The fourth-order valence-electron chi connectivity index (χ4n) is 2.31. The molecule has 0 bridgehead atoms. The number of alkyl halides is 2. The Kier molecular flexibility index (Phi) is 12.1. The third-order valence-electron chi connectivity index (χ3n) is 3.65. The number of hydrogen-bond acceptors (Lipinski definition) is 5. The van der Waals surface area contributed by atoms with Gasteiger partial charge in [-0.15, -0.1) is 23.2 Å². The van der Waals surface area contributed by atoms with Gasteiger partial charge in [-0.2, -0.15) is 0 Å². The SMILES string of the molecule is CN(C)C(CCOCCC(C(O)CCl)N(C)C)C(O)CCl. The first kappa shape index (κ1) is 21.4. The van der Waals surface area contributed by atoms with Crippen molar-refractivity contribution in [3.63, 3.8) is 0 Å². The molecule has 128 valence electrons. The second-order valence-corrected chi connectivity index (χ2v) is 6.31. The molecule has 0 radical (unpaired) electrons. The first-order chi connectivity index (χ1) is 9.84. The van der Waals surface area contributed by atoms with Crippen molar-refractivity contribution in [3.05, 3.63) is 0 Å². The van der Waals surface area contributed by atoms with Gasteiger partial charge in [-0.3, -0.25) is 0 Å². The average molecular weight is 345 g/mol. The summed E-state index contributed by atoms with van der Waals surface area (Å²) in [5, 5.41) is 19.7. The lowest BCUT2D eigenvalue weighted by atomic mass is 10.1. The van der Waals surface area contributed by atoms with Gasteiger partial charge in [0.25, 0.3) is 0 Å². The summed E-state index contributed by atoms with van der Waals surface area (Å²) >= 11 is 11.4. The Labute approximate surface area is 138 Å². The molecule has 0 amide bonds. The Bertz CT molecular complexity index is 234. The maximum Gasteiger partial charge on any atom is 0.0831 e. The summed E-state index contributed by atoms with van der Waals surface area (Å²) in [4.78, 5) is 3.91. The standard InChI is InChI=1S/C14H30Cl2N2O3/c1-17(2)11(13(19)9-15)5-7-21-8-6-12(18(3)4)14(20)10-16/h11-14,19-20H,5-10H2,1-4H3. The minimum Gasteiger partial charge on any atom is -0.390 e. The van der Waals surface area contributed by atoms with E-state index in [1.165, 1.54) is 0 Å². The van der Waals surface area contributed by atoms with Crippen molar-refractivity contribution in [2.24, 2.45) is 0 Å². The maximum atomic E-state index is 9.83. The lowest BCUT2D eigenvalue weighted by molar-refractivity contribution is 0.0343. The smallest absolute Gasteiger partial charge is 0.0831 e. The molecule has 0 aromatic heterocycles. The molecule has 4 unspecified atom stereocenters. The molecule has 0 saturated heterocycles. The summed E-state index contributed by atoms with van der Waals surface area (Å²) in [6.45, 7) is 1.10. The molecular formula is C14H30Cl2N2O3. The number of halogens is 2. The molecule has 0 aliphatic carbocycles. The number of aliphatic hydroxyl groups is 2. The molecule has 0 aliphatic heterocycles. The Balaban J connectivity index is 4.02. The highest BCUT2D eigenvalue weighted by Gasteiger charge is 2.22. The molecule has 0 heterocycles. The minimum atomic E-state index is -0.558. The van der Waals surface area contributed by atoms with Gasteiger partial charge >= 0.3 is 0 Å². The van der Waals surface area contributed by atoms with E-state index in [-0.39, 0.29) is 23.8 Å². The van der Waals surface area contributed by atoms with Gasteiger partial charge in [0.1, 0.15) is 0 Å². The van der Waals surface area contributed by atoms with Gasteiger partial charge in [-0.25, -0.2) is 0 Å². The predicted molar refractivity (Wildman–Crippen MR) is 88.5 cm³/mol. The lowest BCUT2D eigenvalue weighted by Gasteiger charge is -2.29. The summed E-state index contributed by atoms with van der Waals surface area (Å²) in [5.41, 5.74) is 0. The van der Waals surface area contributed by atoms with Gasteiger partial charge in [0, 0.05) is 37.1 Å². The van der Waals surface area contributed by atoms with Crippen molar-refractivity contribution >= 4 is 23.2 Å². The van der Waals surface area contributed by atoms with Gasteiger partial charge in [0.2, 0.25) is 0 Å². The van der Waals surface area contributed by atoms with Crippen molar-refractivity contribution in [2.45, 2.75) is 37.1 Å². The lowest BCUT2D eigenvalue weighted by Crippen LogP contribution is -2.41. The van der Waals surface area contributed by atoms with Crippen LogP contribution in [0.5, 0.6) is 0 Å². The Hall–Kier alpha value is 0.380. The fourth-order valence-corrected chi connectivity index (χ4v) is 2.72. The number of hydrogen-bond donors (Lipinski definition) is 2. The second kappa shape index (κ2) is 11.9. The van der Waals surface area contributed by atoms with Crippen LogP contribution in [0.15, 0.2) is 0 Å². The van der Waals surface area contributed by atoms with Crippen molar-refractivity contribution in [2.75, 3.05) is 53.2 Å². The van der Waals surface area contributed by atoms with E-state index in [0.29, 0.717) is 26.1 Å². The summed E-state index contributed by atoms with van der Waals surface area (Å²) in [6, 6.07) is -0.0267. The van der Waals surface area contributed by atoms with E-state index in [2.05, 4.69) is 0 Å². The molecule has 0 aromatic carbocycles. The van der Waals surface area contributed by atoms with Gasteiger partial charge in [0.15, 0.2) is 0 Å². The summed E-state index contributed by atoms with van der Waals surface area (Å²) in [6.07, 6.45) is 0.313. The van der Waals surface area contributed by atoms with Crippen molar-refractivity contribution in [1.82, 2.24) is 9.80 Å². The van der Waals surface area contributed by atoms with Crippen molar-refractivity contribution in [3.8, 4) is 0 Å². The van der Waals surface area contributed by atoms with Crippen LogP contribution < -0.4 is 0 Å². The van der Waals surface area contributed by atoms with Crippen LogP contribution in [0.3, 0.4) is 0 Å². The Morgan fingerprint density at radius 3 is 1.38 bits per heavy atom. The highest BCUT2D eigenvalue weighted by Crippen LogP contribution is 2.10. The highest BCUT2D eigenvalue weighted by molar-refractivity contribution is 6.18. The van der Waals surface area contributed by atoms with Crippen molar-refractivity contribution in [1.29, 1.82) is 0 Å². The largest absolute Gasteiger partial charge is 0.390 e. The molecule has 0 fully saturated rings. The van der Waals surface area contributed by atoms with E-state index >= 15 is 0 Å². The van der Waals surface area contributed by atoms with Gasteiger partial charge in [-0.05, 0) is 41.0 Å². The molecule has 2 N–H and O–H groups in total. The van der Waals surface area contributed by atoms with E-state index in [4.69, 9.17) is 27.9 Å². The number of rotatable bonds is 12. The van der Waals surface area contributed by atoms with E-state index < -0.39 is 12.2 Å². The molecular weight excluding hydrogens is 315 g/mol. The summed E-state index contributed by atoms with van der Waals surface area (Å²) in [5.74, 6) is 0.431. The molecule has 0 saturated carbocycles. The van der Waals surface area contributed by atoms with Crippen LogP contribution in [-0.4, -0.2) is 97.5 Å². The first-order valence-electron chi connectivity index (χ1n) is 7.23. The third kappa shape index (κ3) is 8.55. The second-order valence-electron chi connectivity index (χ2n) is 5.69. The van der Waals surface area contributed by atoms with Gasteiger partial charge < -0.3 is 24.7 Å². The fraction of sp³-hybridized carbons (Fsp3) is 1.00. The van der Waals surface area contributed by atoms with Crippen LogP contribution >= 0.6 is 23.2 Å². The Morgan fingerprint density at radius 1 is 0.810 bits per heavy atom. The number of likely N-dealkylation sites (N-methyl/N-ethyl adjacent to an activating group) is 2. The average Bonchev–Trinajstić information content (AvgIpc) is 2.44. The van der Waals surface area contributed by atoms with Crippen LogP contribution in [0.25, 0.3) is 0 Å². The number of nitrogens with zero attached hydrogens (tertiary/aromatic N) is 2. The Morgan fingerprint density at radius 2 is 1.14 bits per heavy atom. The minimum absolute atomic E-state index is 0.0134. The number of aliphatic hydroxyl groups excluding tert-OH is 2. The van der Waals surface area contributed by atoms with Crippen LogP contribution in [0.4, 0.5) is 0 Å². The zero-order valence-corrected chi connectivity index (χ0v) is 15.0. The molecule has 4 atom stereocenters. The van der Waals surface area contributed by atoms with E-state index in [1.54, 1.807) is 0 Å². The topological polar surface area (TPSA) is 56.2 Å². The van der Waals surface area contributed by atoms with E-state index in [9.17, 15) is 10.2 Å². The summed E-state index contributed by atoms with van der Waals surface area (Å²) < 4.78 is 5.62. The summed E-state index contributed by atoms with van der Waals surface area (Å²) in [7, 11) is 7.66. The zero-order chi connectivity index (χ0) is 16.4. The molecule has 0 aromatic rings. The van der Waals surface area contributed by atoms with Gasteiger partial charge in [0.05, 0.1) is 12.2 Å². The van der Waals surface area contributed by atoms with E-state index in [0.717, 1.165) is 0 Å².